The van der Waals surface area contributed by atoms with Crippen molar-refractivity contribution in [1.82, 2.24) is 14.7 Å². The van der Waals surface area contributed by atoms with Crippen LogP contribution in [0.3, 0.4) is 0 Å². The van der Waals surface area contributed by atoms with E-state index in [4.69, 9.17) is 21.1 Å². The number of hydrogen-bond donors (Lipinski definition) is 2. The molecule has 0 radical (unpaired) electrons. The maximum absolute atomic E-state index is 13.4. The number of nitrogens with zero attached hydrogens (tertiary/aromatic N) is 2. The quantitative estimate of drug-likeness (QED) is 0.428. The molecular formula is C23H32ClN3O7S. The monoisotopic (exact) mass is 529 g/mol. The second kappa shape index (κ2) is 11.0. The van der Waals surface area contributed by atoms with E-state index in [2.05, 4.69) is 0 Å². The Hall–Kier alpha value is -1.92. The molecular weight excluding hydrogens is 498 g/mol. The molecule has 194 valence electrons. The van der Waals surface area contributed by atoms with Gasteiger partial charge < -0.3 is 14.4 Å². The summed E-state index contributed by atoms with van der Waals surface area (Å²) in [5, 5.41) is 10.1. The normalized spacial score (nSPS) is 23.7. The molecule has 3 aliphatic rings. The van der Waals surface area contributed by atoms with Crippen molar-refractivity contribution in [2.75, 3.05) is 45.1 Å². The lowest BCUT2D eigenvalue weighted by Crippen LogP contribution is -2.55. The molecule has 3 heterocycles. The van der Waals surface area contributed by atoms with Crippen molar-refractivity contribution in [3.8, 4) is 0 Å². The molecule has 0 spiro atoms. The summed E-state index contributed by atoms with van der Waals surface area (Å²) >= 11 is 6.32. The minimum atomic E-state index is -3.79. The maximum atomic E-state index is 13.4. The summed E-state index contributed by atoms with van der Waals surface area (Å²) in [6.07, 6.45) is 1.32. The molecule has 0 unspecified atom stereocenters. The number of piperidine rings is 2. The van der Waals surface area contributed by atoms with Gasteiger partial charge in [-0.15, -0.1) is 0 Å². The lowest BCUT2D eigenvalue weighted by molar-refractivity contribution is -0.141. The van der Waals surface area contributed by atoms with E-state index >= 15 is 0 Å². The Bertz CT molecular complexity index is 1020. The van der Waals surface area contributed by atoms with Crippen molar-refractivity contribution in [2.24, 2.45) is 5.41 Å². The van der Waals surface area contributed by atoms with Crippen LogP contribution >= 0.6 is 11.6 Å². The zero-order valence-corrected chi connectivity index (χ0v) is 21.1. The number of carbonyl (C=O) groups excluding carboxylic acids is 2. The summed E-state index contributed by atoms with van der Waals surface area (Å²) in [5.74, 6) is -1.00. The van der Waals surface area contributed by atoms with Crippen LogP contribution in [0.1, 0.15) is 43.6 Å². The van der Waals surface area contributed by atoms with Crippen LogP contribution in [0.4, 0.5) is 4.79 Å². The first-order valence-electron chi connectivity index (χ1n) is 11.9. The first-order chi connectivity index (χ1) is 16.7. The average molecular weight is 530 g/mol. The van der Waals surface area contributed by atoms with E-state index in [-0.39, 0.29) is 38.0 Å². The highest BCUT2D eigenvalue weighted by Crippen LogP contribution is 2.37. The average Bonchev–Trinajstić information content (AvgIpc) is 3.37. The highest BCUT2D eigenvalue weighted by Gasteiger charge is 2.47. The SMILES string of the molecule is O=C(O[C@H]1CCOC1)N1CCC(CS(=O)(=O)N2CCC(c3ccccc3Cl)CC2)(C(=O)NO)CC1. The van der Waals surface area contributed by atoms with Crippen LogP contribution in [0, 0.1) is 5.41 Å². The lowest BCUT2D eigenvalue weighted by Gasteiger charge is -2.41. The van der Waals surface area contributed by atoms with Crippen molar-refractivity contribution >= 4 is 33.6 Å². The summed E-state index contributed by atoms with van der Waals surface area (Å²) in [6.45, 7) is 1.88. The predicted molar refractivity (Wildman–Crippen MR) is 128 cm³/mol. The number of hydrogen-bond acceptors (Lipinski definition) is 7. The molecule has 35 heavy (non-hydrogen) atoms. The van der Waals surface area contributed by atoms with Gasteiger partial charge in [0.25, 0.3) is 5.91 Å². The minimum absolute atomic E-state index is 0.102. The standard InChI is InChI=1S/C23H32ClN3O7S/c24-20-4-2-1-3-19(20)17-5-10-27(11-6-17)35(31,32)16-23(21(28)25-30)8-12-26(13-9-23)22(29)34-18-7-14-33-15-18/h1-4,17-18,30H,5-16H2,(H,25,28)/t18-/m0/s1. The van der Waals surface area contributed by atoms with E-state index in [1.54, 1.807) is 5.48 Å². The largest absolute Gasteiger partial charge is 0.444 e. The van der Waals surface area contributed by atoms with Gasteiger partial charge in [0.1, 0.15) is 6.10 Å². The van der Waals surface area contributed by atoms with Gasteiger partial charge in [-0.3, -0.25) is 10.0 Å². The third-order valence-electron chi connectivity index (χ3n) is 7.37. The molecule has 3 aliphatic heterocycles. The van der Waals surface area contributed by atoms with Gasteiger partial charge in [0.15, 0.2) is 0 Å². The summed E-state index contributed by atoms with van der Waals surface area (Å²) in [4.78, 5) is 26.6. The number of hydroxylamine groups is 1. The number of halogens is 1. The van der Waals surface area contributed by atoms with Gasteiger partial charge in [-0.1, -0.05) is 29.8 Å². The van der Waals surface area contributed by atoms with Gasteiger partial charge in [-0.05, 0) is 43.2 Å². The molecule has 3 saturated heterocycles. The number of sulfonamides is 1. The Morgan fingerprint density at radius 1 is 1.14 bits per heavy atom. The number of nitrogens with one attached hydrogen (secondary N) is 1. The molecule has 4 rings (SSSR count). The Labute approximate surface area is 210 Å². The number of benzene rings is 1. The molecule has 1 aromatic rings. The molecule has 0 aliphatic carbocycles. The summed E-state index contributed by atoms with van der Waals surface area (Å²) in [6, 6.07) is 7.59. The molecule has 3 fully saturated rings. The molecule has 12 heteroatoms. The number of carbonyl (C=O) groups is 2. The summed E-state index contributed by atoms with van der Waals surface area (Å²) < 4.78 is 38.8. The molecule has 0 saturated carbocycles. The number of likely N-dealkylation sites (tertiary alicyclic amines) is 1. The van der Waals surface area contributed by atoms with Gasteiger partial charge in [-0.2, -0.15) is 0 Å². The topological polar surface area (TPSA) is 125 Å². The van der Waals surface area contributed by atoms with E-state index in [0.29, 0.717) is 50.6 Å². The third-order valence-corrected chi connectivity index (χ3v) is 9.78. The number of ether oxygens (including phenoxy) is 2. The Balaban J connectivity index is 1.38. The fourth-order valence-electron chi connectivity index (χ4n) is 5.19. The van der Waals surface area contributed by atoms with E-state index in [0.717, 1.165) is 5.56 Å². The van der Waals surface area contributed by atoms with Gasteiger partial charge in [-0.25, -0.2) is 23.0 Å². The fourth-order valence-corrected chi connectivity index (χ4v) is 7.55. The first-order valence-corrected chi connectivity index (χ1v) is 13.9. The first kappa shape index (κ1) is 26.2. The molecule has 2 N–H and O–H groups in total. The minimum Gasteiger partial charge on any atom is -0.444 e. The van der Waals surface area contributed by atoms with Crippen LogP contribution in [-0.2, 0) is 24.3 Å². The third kappa shape index (κ3) is 5.91. The van der Waals surface area contributed by atoms with Gasteiger partial charge in [0, 0.05) is 37.6 Å². The molecule has 0 bridgehead atoms. The molecule has 2 amide bonds. The smallest absolute Gasteiger partial charge is 0.410 e. The van der Waals surface area contributed by atoms with Crippen LogP contribution in [0.5, 0.6) is 0 Å². The maximum Gasteiger partial charge on any atom is 0.410 e. The van der Waals surface area contributed by atoms with E-state index in [9.17, 15) is 23.2 Å². The number of amides is 2. The Kier molecular flexibility index (Phi) is 8.22. The fraction of sp³-hybridized carbons (Fsp3) is 0.652. The van der Waals surface area contributed by atoms with Crippen molar-refractivity contribution in [3.05, 3.63) is 34.9 Å². The zero-order chi connectivity index (χ0) is 25.1. The van der Waals surface area contributed by atoms with Crippen molar-refractivity contribution < 1.29 is 32.7 Å². The van der Waals surface area contributed by atoms with Crippen molar-refractivity contribution in [3.63, 3.8) is 0 Å². The van der Waals surface area contributed by atoms with Crippen LogP contribution < -0.4 is 5.48 Å². The van der Waals surface area contributed by atoms with E-state index < -0.39 is 33.2 Å². The van der Waals surface area contributed by atoms with E-state index in [1.165, 1.54) is 9.21 Å². The molecule has 1 atom stereocenters. The lowest BCUT2D eigenvalue weighted by atomic mass is 9.79. The van der Waals surface area contributed by atoms with Gasteiger partial charge in [0.2, 0.25) is 10.0 Å². The summed E-state index contributed by atoms with van der Waals surface area (Å²) in [7, 11) is -3.79. The van der Waals surface area contributed by atoms with Crippen molar-refractivity contribution in [1.29, 1.82) is 0 Å². The second-order valence-electron chi connectivity index (χ2n) is 9.53. The molecule has 0 aromatic heterocycles. The predicted octanol–water partition coefficient (Wildman–Crippen LogP) is 2.36. The van der Waals surface area contributed by atoms with Crippen LogP contribution in [-0.4, -0.2) is 86.1 Å². The van der Waals surface area contributed by atoms with Crippen LogP contribution in [0.25, 0.3) is 0 Å². The molecule has 1 aromatic carbocycles. The Morgan fingerprint density at radius 3 is 2.43 bits per heavy atom. The highest BCUT2D eigenvalue weighted by molar-refractivity contribution is 7.89. The van der Waals surface area contributed by atoms with Crippen LogP contribution in [0.15, 0.2) is 24.3 Å². The zero-order valence-electron chi connectivity index (χ0n) is 19.5. The summed E-state index contributed by atoms with van der Waals surface area (Å²) in [5.41, 5.74) is 1.34. The van der Waals surface area contributed by atoms with Gasteiger partial charge in [0.05, 0.1) is 24.4 Å². The highest BCUT2D eigenvalue weighted by atomic mass is 35.5. The Morgan fingerprint density at radius 2 is 1.83 bits per heavy atom. The second-order valence-corrected chi connectivity index (χ2v) is 11.9. The van der Waals surface area contributed by atoms with Gasteiger partial charge >= 0.3 is 6.09 Å². The van der Waals surface area contributed by atoms with Crippen molar-refractivity contribution in [2.45, 2.75) is 44.1 Å². The molecule has 10 nitrogen and oxygen atoms in total. The van der Waals surface area contributed by atoms with Crippen LogP contribution in [0.2, 0.25) is 5.02 Å². The van der Waals surface area contributed by atoms with E-state index in [1.807, 2.05) is 24.3 Å². The number of rotatable bonds is 6.